The Balaban J connectivity index is 1.39. The largest absolute Gasteiger partial charge is 0.481 e. The zero-order chi connectivity index (χ0) is 29.3. The van der Waals surface area contributed by atoms with Gasteiger partial charge >= 0.3 is 12.1 Å². The quantitative estimate of drug-likeness (QED) is 0.384. The van der Waals surface area contributed by atoms with Crippen LogP contribution in [0.4, 0.5) is 17.6 Å². The van der Waals surface area contributed by atoms with Crippen molar-refractivity contribution in [3.05, 3.63) is 70.8 Å². The predicted octanol–water partition coefficient (Wildman–Crippen LogP) is 7.28. The highest BCUT2D eigenvalue weighted by atomic mass is 19.4. The molecule has 8 heteroatoms. The van der Waals surface area contributed by atoms with Crippen molar-refractivity contribution < 1.29 is 32.3 Å². The summed E-state index contributed by atoms with van der Waals surface area (Å²) >= 11 is 0. The number of aliphatic carboxylic acids is 1. The monoisotopic (exact) mass is 571 g/mol. The second-order valence-corrected chi connectivity index (χ2v) is 13.2. The van der Waals surface area contributed by atoms with Crippen LogP contribution in [-0.4, -0.2) is 40.6 Å². The van der Waals surface area contributed by atoms with Crippen LogP contribution in [0.2, 0.25) is 0 Å². The smallest absolute Gasteiger partial charge is 0.426 e. The number of carbonyl (C=O) groups excluding carboxylic acids is 1. The molecule has 0 aromatic heterocycles. The number of amides is 1. The van der Waals surface area contributed by atoms with Crippen molar-refractivity contribution in [2.75, 3.05) is 6.54 Å². The first-order valence-corrected chi connectivity index (χ1v) is 14.8. The van der Waals surface area contributed by atoms with E-state index < -0.39 is 34.1 Å². The molecule has 0 radical (unpaired) electrons. The highest BCUT2D eigenvalue weighted by Crippen LogP contribution is 2.59. The topological polar surface area (TPSA) is 57.6 Å². The Labute approximate surface area is 238 Å². The van der Waals surface area contributed by atoms with Gasteiger partial charge in [-0.2, -0.15) is 13.2 Å². The van der Waals surface area contributed by atoms with Crippen molar-refractivity contribution in [1.82, 2.24) is 4.90 Å². The summed E-state index contributed by atoms with van der Waals surface area (Å²) in [6, 6.07) is 14.2. The average molecular weight is 572 g/mol. The predicted molar refractivity (Wildman–Crippen MR) is 146 cm³/mol. The summed E-state index contributed by atoms with van der Waals surface area (Å²) in [6.07, 6.45) is 1.53. The number of aryl methyl sites for hydroxylation is 1. The number of hydrogen-bond acceptors (Lipinski definition) is 2. The Bertz CT molecular complexity index is 1330. The minimum absolute atomic E-state index is 0.117. The molecule has 2 aromatic rings. The SMILES string of the molecule is CC(F)(c1ccc2c(c1)CCC1N(C(=O)C34CCC(C(=O)O)(CC3)CC4)CCCC21Cc1ccccc1)C(F)(F)F. The molecular weight excluding hydrogens is 534 g/mol. The van der Waals surface area contributed by atoms with E-state index in [1.54, 1.807) is 6.07 Å². The molecule has 41 heavy (non-hydrogen) atoms. The number of nitrogens with zero attached hydrogens (tertiary/aromatic N) is 1. The fourth-order valence-electron chi connectivity index (χ4n) is 8.60. The van der Waals surface area contributed by atoms with E-state index in [1.807, 2.05) is 30.3 Å². The van der Waals surface area contributed by atoms with Gasteiger partial charge in [0, 0.05) is 23.4 Å². The summed E-state index contributed by atoms with van der Waals surface area (Å²) in [4.78, 5) is 28.5. The van der Waals surface area contributed by atoms with Gasteiger partial charge in [0.15, 0.2) is 0 Å². The molecule has 4 nitrogen and oxygen atoms in total. The van der Waals surface area contributed by atoms with Crippen molar-refractivity contribution in [3.8, 4) is 0 Å². The number of hydrogen-bond donors (Lipinski definition) is 1. The molecule has 7 rings (SSSR count). The fourth-order valence-corrected chi connectivity index (χ4v) is 8.60. The van der Waals surface area contributed by atoms with Gasteiger partial charge in [-0.15, -0.1) is 0 Å². The van der Waals surface area contributed by atoms with E-state index in [0.29, 0.717) is 71.3 Å². The Morgan fingerprint density at radius 3 is 2.17 bits per heavy atom. The zero-order valence-corrected chi connectivity index (χ0v) is 23.4. The number of carboxylic acids is 1. The zero-order valence-electron chi connectivity index (χ0n) is 23.4. The maximum atomic E-state index is 15.0. The summed E-state index contributed by atoms with van der Waals surface area (Å²) in [5, 5.41) is 9.84. The van der Waals surface area contributed by atoms with Crippen LogP contribution >= 0.6 is 0 Å². The molecular formula is C33H37F4NO3. The van der Waals surface area contributed by atoms with Crippen molar-refractivity contribution in [3.63, 3.8) is 0 Å². The first kappa shape index (κ1) is 28.2. The number of halogens is 4. The Kier molecular flexibility index (Phi) is 6.59. The third-order valence-corrected chi connectivity index (χ3v) is 11.2. The molecule has 3 atom stereocenters. The fraction of sp³-hybridized carbons (Fsp3) is 0.576. The Morgan fingerprint density at radius 1 is 0.927 bits per heavy atom. The number of fused-ring (bicyclic) bond motifs is 6. The number of likely N-dealkylation sites (tertiary alicyclic amines) is 1. The van der Waals surface area contributed by atoms with Crippen LogP contribution in [-0.2, 0) is 33.5 Å². The number of rotatable bonds is 5. The molecule has 1 saturated heterocycles. The van der Waals surface area contributed by atoms with E-state index in [2.05, 4.69) is 4.90 Å². The van der Waals surface area contributed by atoms with E-state index in [1.165, 1.54) is 12.1 Å². The van der Waals surface area contributed by atoms with Crippen LogP contribution in [0, 0.1) is 10.8 Å². The first-order valence-electron chi connectivity index (χ1n) is 14.8. The number of carboxylic acid groups (broad SMARTS) is 1. The molecule has 1 amide bonds. The van der Waals surface area contributed by atoms with Gasteiger partial charge in [-0.05, 0) is 99.8 Å². The molecule has 0 spiro atoms. The number of piperidine rings is 1. The molecule has 2 bridgehead atoms. The lowest BCUT2D eigenvalue weighted by Gasteiger charge is -2.58. The van der Waals surface area contributed by atoms with Crippen LogP contribution in [0.3, 0.4) is 0 Å². The lowest BCUT2D eigenvalue weighted by Crippen LogP contribution is -2.63. The molecule has 4 fully saturated rings. The second kappa shape index (κ2) is 9.56. The summed E-state index contributed by atoms with van der Waals surface area (Å²) < 4.78 is 55.8. The second-order valence-electron chi connectivity index (χ2n) is 13.2. The standard InChI is InChI=1S/C33H37F4NO3/c1-29(34,33(35,36)37)24-9-10-25-23(20-24)8-11-26-32(25,21-22-6-3-2-4-7-22)12-5-19-38(26)27(39)30-13-16-31(17-14-30,18-15-30)28(40)41/h2-4,6-7,9-10,20,26H,5,8,11-19,21H2,1H3,(H,40,41). The van der Waals surface area contributed by atoms with E-state index >= 15 is 0 Å². The van der Waals surface area contributed by atoms with Crippen LogP contribution < -0.4 is 0 Å². The highest BCUT2D eigenvalue weighted by Gasteiger charge is 2.59. The Hall–Kier alpha value is -2.90. The molecule has 2 aromatic carbocycles. The molecule has 1 heterocycles. The third kappa shape index (κ3) is 4.30. The van der Waals surface area contributed by atoms with E-state index in [-0.39, 0.29) is 17.5 Å². The molecule has 1 N–H and O–H groups in total. The van der Waals surface area contributed by atoms with Crippen LogP contribution in [0.1, 0.15) is 87.0 Å². The lowest BCUT2D eigenvalue weighted by atomic mass is 9.52. The normalized spacial score (nSPS) is 32.5. The molecule has 1 aliphatic heterocycles. The van der Waals surface area contributed by atoms with Crippen molar-refractivity contribution in [2.24, 2.45) is 10.8 Å². The number of carbonyl (C=O) groups is 2. The van der Waals surface area contributed by atoms with Gasteiger partial charge in [-0.25, -0.2) is 4.39 Å². The maximum Gasteiger partial charge on any atom is 0.426 e. The van der Waals surface area contributed by atoms with Crippen LogP contribution in [0.25, 0.3) is 0 Å². The average Bonchev–Trinajstić information content (AvgIpc) is 2.97. The van der Waals surface area contributed by atoms with Crippen molar-refractivity contribution in [2.45, 2.75) is 101 Å². The third-order valence-electron chi connectivity index (χ3n) is 11.2. The van der Waals surface area contributed by atoms with Gasteiger partial charge in [0.2, 0.25) is 11.6 Å². The van der Waals surface area contributed by atoms with Gasteiger partial charge in [-0.1, -0.05) is 48.5 Å². The first-order chi connectivity index (χ1) is 19.3. The minimum atomic E-state index is -5.02. The molecule has 4 aliphatic carbocycles. The van der Waals surface area contributed by atoms with Gasteiger partial charge in [0.1, 0.15) is 0 Å². The molecule has 5 aliphatic rings. The Morgan fingerprint density at radius 2 is 1.56 bits per heavy atom. The van der Waals surface area contributed by atoms with E-state index in [0.717, 1.165) is 29.5 Å². The van der Waals surface area contributed by atoms with E-state index in [9.17, 15) is 32.3 Å². The number of benzene rings is 2. The van der Waals surface area contributed by atoms with Gasteiger partial charge in [0.05, 0.1) is 5.41 Å². The molecule has 3 saturated carbocycles. The maximum absolute atomic E-state index is 15.0. The van der Waals surface area contributed by atoms with Crippen molar-refractivity contribution in [1.29, 1.82) is 0 Å². The highest BCUT2D eigenvalue weighted by molar-refractivity contribution is 5.85. The van der Waals surface area contributed by atoms with Gasteiger partial charge in [0.25, 0.3) is 0 Å². The van der Waals surface area contributed by atoms with Gasteiger partial charge in [-0.3, -0.25) is 9.59 Å². The molecule has 3 unspecified atom stereocenters. The minimum Gasteiger partial charge on any atom is -0.481 e. The van der Waals surface area contributed by atoms with Crippen LogP contribution in [0.15, 0.2) is 48.5 Å². The van der Waals surface area contributed by atoms with Crippen molar-refractivity contribution >= 4 is 11.9 Å². The summed E-state index contributed by atoms with van der Waals surface area (Å²) in [5.41, 5.74) is -2.84. The number of alkyl halides is 4. The molecule has 220 valence electrons. The van der Waals surface area contributed by atoms with Crippen LogP contribution in [0.5, 0.6) is 0 Å². The lowest BCUT2D eigenvalue weighted by molar-refractivity contribution is -0.228. The summed E-state index contributed by atoms with van der Waals surface area (Å²) in [7, 11) is 0. The van der Waals surface area contributed by atoms with E-state index in [4.69, 9.17) is 0 Å². The summed E-state index contributed by atoms with van der Waals surface area (Å²) in [5.74, 6) is -0.636. The summed E-state index contributed by atoms with van der Waals surface area (Å²) in [6.45, 7) is 1.20. The van der Waals surface area contributed by atoms with Gasteiger partial charge < -0.3 is 10.0 Å².